The van der Waals surface area contributed by atoms with Crippen LogP contribution >= 0.6 is 0 Å². The fourth-order valence-corrected chi connectivity index (χ4v) is 2.35. The Labute approximate surface area is 148 Å². The van der Waals surface area contributed by atoms with Crippen molar-refractivity contribution < 1.29 is 24.1 Å². The van der Waals surface area contributed by atoms with E-state index in [1.54, 1.807) is 26.4 Å². The van der Waals surface area contributed by atoms with Crippen LogP contribution in [0, 0.1) is 0 Å². The number of aliphatic hydroxyl groups is 1. The van der Waals surface area contributed by atoms with Gasteiger partial charge < -0.3 is 24.1 Å². The number of aliphatic hydroxyl groups excluding tert-OH is 1. The average Bonchev–Trinajstić information content (AvgIpc) is 2.66. The number of ether oxygens (including phenoxy) is 4. The van der Waals surface area contributed by atoms with Crippen LogP contribution in [0.15, 0.2) is 48.5 Å². The van der Waals surface area contributed by atoms with Gasteiger partial charge >= 0.3 is 0 Å². The van der Waals surface area contributed by atoms with Crippen LogP contribution in [-0.2, 0) is 22.5 Å². The standard InChI is InChI=1S/C20H24O5/c1-22-14-24-19-11-17(13-21)12-20(25-15-23-2)18(19)10-6-9-16-7-4-3-5-8-16/h3-9,11-12,21H,10,13-15H2,1-2H3. The highest BCUT2D eigenvalue weighted by Crippen LogP contribution is 2.32. The summed E-state index contributed by atoms with van der Waals surface area (Å²) in [5, 5.41) is 9.47. The first-order chi connectivity index (χ1) is 12.3. The highest BCUT2D eigenvalue weighted by molar-refractivity contribution is 5.53. The maximum absolute atomic E-state index is 9.47. The number of allylic oxidation sites excluding steroid dienone is 1. The second kappa shape index (κ2) is 10.5. The van der Waals surface area contributed by atoms with Crippen LogP contribution in [0.5, 0.6) is 11.5 Å². The Morgan fingerprint density at radius 2 is 1.52 bits per heavy atom. The largest absolute Gasteiger partial charge is 0.467 e. The van der Waals surface area contributed by atoms with Gasteiger partial charge in [-0.2, -0.15) is 0 Å². The molecule has 5 heteroatoms. The summed E-state index contributed by atoms with van der Waals surface area (Å²) in [6.45, 7) is 0.134. The topological polar surface area (TPSA) is 57.2 Å². The lowest BCUT2D eigenvalue weighted by atomic mass is 10.0. The highest BCUT2D eigenvalue weighted by atomic mass is 16.7. The number of rotatable bonds is 10. The molecule has 2 aromatic rings. The first-order valence-electron chi connectivity index (χ1n) is 8.00. The van der Waals surface area contributed by atoms with E-state index in [1.165, 1.54) is 0 Å². The van der Waals surface area contributed by atoms with Gasteiger partial charge in [0.1, 0.15) is 11.5 Å². The molecular weight excluding hydrogens is 320 g/mol. The zero-order valence-corrected chi connectivity index (χ0v) is 14.6. The number of hydrogen-bond acceptors (Lipinski definition) is 5. The fourth-order valence-electron chi connectivity index (χ4n) is 2.35. The minimum Gasteiger partial charge on any atom is -0.467 e. The van der Waals surface area contributed by atoms with Crippen LogP contribution in [-0.4, -0.2) is 32.9 Å². The summed E-state index contributed by atoms with van der Waals surface area (Å²) in [4.78, 5) is 0. The zero-order valence-electron chi connectivity index (χ0n) is 14.6. The molecule has 0 atom stereocenters. The maximum atomic E-state index is 9.47. The van der Waals surface area contributed by atoms with Crippen LogP contribution in [0.25, 0.3) is 6.08 Å². The summed E-state index contributed by atoms with van der Waals surface area (Å²) >= 11 is 0. The molecule has 2 aromatic carbocycles. The smallest absolute Gasteiger partial charge is 0.188 e. The molecule has 25 heavy (non-hydrogen) atoms. The van der Waals surface area contributed by atoms with E-state index in [0.717, 1.165) is 11.1 Å². The summed E-state index contributed by atoms with van der Waals surface area (Å²) < 4.78 is 21.3. The van der Waals surface area contributed by atoms with Crippen molar-refractivity contribution in [3.8, 4) is 11.5 Å². The molecule has 0 fully saturated rings. The molecule has 1 N–H and O–H groups in total. The molecule has 0 bridgehead atoms. The van der Waals surface area contributed by atoms with E-state index in [-0.39, 0.29) is 20.2 Å². The van der Waals surface area contributed by atoms with E-state index in [2.05, 4.69) is 0 Å². The first-order valence-corrected chi connectivity index (χ1v) is 8.00. The van der Waals surface area contributed by atoms with Crippen molar-refractivity contribution in [3.05, 3.63) is 65.2 Å². The second-order valence-electron chi connectivity index (χ2n) is 5.35. The summed E-state index contributed by atoms with van der Waals surface area (Å²) in [6, 6.07) is 13.6. The first kappa shape index (κ1) is 19.0. The van der Waals surface area contributed by atoms with Crippen LogP contribution in [0.3, 0.4) is 0 Å². The third-order valence-corrected chi connectivity index (χ3v) is 3.51. The van der Waals surface area contributed by atoms with Crippen LogP contribution in [0.1, 0.15) is 16.7 Å². The van der Waals surface area contributed by atoms with Gasteiger partial charge in [0.25, 0.3) is 0 Å². The normalized spacial score (nSPS) is 11.0. The third kappa shape index (κ3) is 5.90. The monoisotopic (exact) mass is 344 g/mol. The Hall–Kier alpha value is -2.34. The molecule has 0 unspecified atom stereocenters. The van der Waals surface area contributed by atoms with Gasteiger partial charge in [0.15, 0.2) is 13.6 Å². The molecule has 0 spiro atoms. The van der Waals surface area contributed by atoms with E-state index in [1.807, 2.05) is 42.5 Å². The lowest BCUT2D eigenvalue weighted by Crippen LogP contribution is -2.07. The molecule has 0 aliphatic carbocycles. The van der Waals surface area contributed by atoms with Crippen LogP contribution in [0.4, 0.5) is 0 Å². The van der Waals surface area contributed by atoms with Gasteiger partial charge in [-0.25, -0.2) is 0 Å². The van der Waals surface area contributed by atoms with E-state index in [0.29, 0.717) is 23.5 Å². The number of methoxy groups -OCH3 is 2. The fraction of sp³-hybridized carbons (Fsp3) is 0.300. The molecule has 5 nitrogen and oxygen atoms in total. The number of hydrogen-bond donors (Lipinski definition) is 1. The van der Waals surface area contributed by atoms with E-state index in [4.69, 9.17) is 18.9 Å². The average molecular weight is 344 g/mol. The molecule has 0 aromatic heterocycles. The summed E-state index contributed by atoms with van der Waals surface area (Å²) in [7, 11) is 3.13. The van der Waals surface area contributed by atoms with Gasteiger partial charge in [0.05, 0.1) is 6.61 Å². The predicted molar refractivity (Wildman–Crippen MR) is 96.6 cm³/mol. The van der Waals surface area contributed by atoms with Crippen molar-refractivity contribution in [2.45, 2.75) is 13.0 Å². The molecule has 0 amide bonds. The summed E-state index contributed by atoms with van der Waals surface area (Å²) in [5.74, 6) is 1.24. The minimum atomic E-state index is -0.104. The lowest BCUT2D eigenvalue weighted by Gasteiger charge is -2.16. The van der Waals surface area contributed by atoms with E-state index in [9.17, 15) is 5.11 Å². The molecule has 0 saturated heterocycles. The van der Waals surface area contributed by atoms with Crippen molar-refractivity contribution in [1.29, 1.82) is 0 Å². The van der Waals surface area contributed by atoms with Gasteiger partial charge in [-0.05, 0) is 29.7 Å². The SMILES string of the molecule is COCOc1cc(CO)cc(OCOC)c1CC=Cc1ccccc1. The Balaban J connectivity index is 2.28. The summed E-state index contributed by atoms with van der Waals surface area (Å²) in [5.41, 5.74) is 2.69. The molecule has 0 radical (unpaired) electrons. The summed E-state index contributed by atoms with van der Waals surface area (Å²) in [6.07, 6.45) is 4.70. The van der Waals surface area contributed by atoms with Crippen molar-refractivity contribution >= 4 is 6.08 Å². The maximum Gasteiger partial charge on any atom is 0.188 e. The van der Waals surface area contributed by atoms with E-state index < -0.39 is 0 Å². The molecule has 0 heterocycles. The highest BCUT2D eigenvalue weighted by Gasteiger charge is 2.13. The van der Waals surface area contributed by atoms with Gasteiger partial charge in [-0.1, -0.05) is 42.5 Å². The van der Waals surface area contributed by atoms with Crippen molar-refractivity contribution in [2.75, 3.05) is 27.8 Å². The lowest BCUT2D eigenvalue weighted by molar-refractivity contribution is 0.0446. The van der Waals surface area contributed by atoms with Gasteiger partial charge in [0.2, 0.25) is 0 Å². The van der Waals surface area contributed by atoms with Gasteiger partial charge in [-0.3, -0.25) is 0 Å². The predicted octanol–water partition coefficient (Wildman–Crippen LogP) is 3.40. The molecular formula is C20H24O5. The Morgan fingerprint density at radius 1 is 0.920 bits per heavy atom. The molecule has 0 aliphatic rings. The van der Waals surface area contributed by atoms with Crippen LogP contribution < -0.4 is 9.47 Å². The number of benzene rings is 2. The quantitative estimate of drug-likeness (QED) is 0.670. The molecule has 134 valence electrons. The Kier molecular flexibility index (Phi) is 7.98. The minimum absolute atomic E-state index is 0.104. The zero-order chi connectivity index (χ0) is 17.9. The third-order valence-electron chi connectivity index (χ3n) is 3.51. The second-order valence-corrected chi connectivity index (χ2v) is 5.35. The van der Waals surface area contributed by atoms with Gasteiger partial charge in [0, 0.05) is 19.8 Å². The van der Waals surface area contributed by atoms with Crippen molar-refractivity contribution in [1.82, 2.24) is 0 Å². The van der Waals surface area contributed by atoms with Crippen molar-refractivity contribution in [3.63, 3.8) is 0 Å². The van der Waals surface area contributed by atoms with Gasteiger partial charge in [-0.15, -0.1) is 0 Å². The van der Waals surface area contributed by atoms with E-state index >= 15 is 0 Å². The Morgan fingerprint density at radius 3 is 2.04 bits per heavy atom. The Bertz CT molecular complexity index is 638. The van der Waals surface area contributed by atoms with Crippen LogP contribution in [0.2, 0.25) is 0 Å². The molecule has 2 rings (SSSR count). The van der Waals surface area contributed by atoms with Crippen molar-refractivity contribution in [2.24, 2.45) is 0 Å². The molecule has 0 aliphatic heterocycles. The molecule has 0 saturated carbocycles.